The topological polar surface area (TPSA) is 56.7 Å². The molecule has 3 rings (SSSR count). The Morgan fingerprint density at radius 2 is 2.00 bits per heavy atom. The molecule has 96 valence electrons. The number of anilines is 1. The molecule has 0 saturated heterocycles. The Kier molecular flexibility index (Phi) is 3.10. The Hall–Kier alpha value is -1.34. The highest BCUT2D eigenvalue weighted by Gasteiger charge is 2.14. The molecule has 0 unspecified atom stereocenters. The van der Waals surface area contributed by atoms with E-state index in [0.29, 0.717) is 11.0 Å². The number of hydrogen-bond acceptors (Lipinski definition) is 3. The van der Waals surface area contributed by atoms with Gasteiger partial charge in [-0.25, -0.2) is 9.97 Å². The molecule has 0 bridgehead atoms. The molecule has 19 heavy (non-hydrogen) atoms. The van der Waals surface area contributed by atoms with Crippen molar-refractivity contribution in [3.8, 4) is 5.69 Å². The van der Waals surface area contributed by atoms with Crippen LogP contribution in [0.1, 0.15) is 5.69 Å². The standard InChI is InChI=1S/C13H10ClIN4/c1-7-2-4-10-12(17-7)19(13(16)18-10)11-5-3-8(15)6-9(11)14/h2-6H,1H3,(H2,16,18). The second-order valence-corrected chi connectivity index (χ2v) is 5.85. The quantitative estimate of drug-likeness (QED) is 0.653. The number of aryl methyl sites for hydroxylation is 1. The molecule has 6 heteroatoms. The van der Waals surface area contributed by atoms with Gasteiger partial charge >= 0.3 is 0 Å². The normalized spacial score (nSPS) is 11.1. The van der Waals surface area contributed by atoms with Crippen molar-refractivity contribution in [3.05, 3.63) is 44.6 Å². The lowest BCUT2D eigenvalue weighted by Crippen LogP contribution is -2.02. The molecule has 4 nitrogen and oxygen atoms in total. The van der Waals surface area contributed by atoms with Gasteiger partial charge in [-0.2, -0.15) is 0 Å². The fourth-order valence-electron chi connectivity index (χ4n) is 1.97. The Morgan fingerprint density at radius 1 is 1.21 bits per heavy atom. The molecule has 1 aromatic carbocycles. The second-order valence-electron chi connectivity index (χ2n) is 4.20. The van der Waals surface area contributed by atoms with E-state index in [1.54, 1.807) is 4.57 Å². The van der Waals surface area contributed by atoms with Crippen LogP contribution in [0.5, 0.6) is 0 Å². The number of aromatic nitrogens is 3. The minimum Gasteiger partial charge on any atom is -0.369 e. The van der Waals surface area contributed by atoms with Gasteiger partial charge in [0.2, 0.25) is 5.95 Å². The van der Waals surface area contributed by atoms with Crippen LogP contribution < -0.4 is 5.73 Å². The molecular weight excluding hydrogens is 375 g/mol. The lowest BCUT2D eigenvalue weighted by molar-refractivity contribution is 1.07. The fraction of sp³-hybridized carbons (Fsp3) is 0.0769. The lowest BCUT2D eigenvalue weighted by Gasteiger charge is -2.08. The Labute approximate surface area is 128 Å². The minimum atomic E-state index is 0.385. The van der Waals surface area contributed by atoms with Gasteiger partial charge in [-0.1, -0.05) is 11.6 Å². The minimum absolute atomic E-state index is 0.385. The summed E-state index contributed by atoms with van der Waals surface area (Å²) in [5.41, 5.74) is 9.18. The third-order valence-electron chi connectivity index (χ3n) is 2.82. The molecule has 2 N–H and O–H groups in total. The molecule has 0 fully saturated rings. The van der Waals surface area contributed by atoms with Crippen LogP contribution in [0, 0.1) is 10.5 Å². The van der Waals surface area contributed by atoms with Crippen molar-refractivity contribution in [1.29, 1.82) is 0 Å². The number of rotatable bonds is 1. The van der Waals surface area contributed by atoms with E-state index in [2.05, 4.69) is 32.6 Å². The van der Waals surface area contributed by atoms with Crippen molar-refractivity contribution in [2.75, 3.05) is 5.73 Å². The van der Waals surface area contributed by atoms with Crippen LogP contribution >= 0.6 is 34.2 Å². The Balaban J connectivity index is 2.35. The van der Waals surface area contributed by atoms with E-state index in [-0.39, 0.29) is 0 Å². The van der Waals surface area contributed by atoms with Crippen LogP contribution in [0.15, 0.2) is 30.3 Å². The average Bonchev–Trinajstić information content (AvgIpc) is 2.65. The Bertz CT molecular complexity index is 782. The molecular formula is C13H10ClIN4. The zero-order valence-corrected chi connectivity index (χ0v) is 13.0. The van der Waals surface area contributed by atoms with E-state index in [0.717, 1.165) is 26.1 Å². The van der Waals surface area contributed by atoms with Gasteiger partial charge in [-0.05, 0) is 59.8 Å². The Morgan fingerprint density at radius 3 is 2.74 bits per heavy atom. The van der Waals surface area contributed by atoms with Gasteiger partial charge in [-0.15, -0.1) is 0 Å². The van der Waals surface area contributed by atoms with Crippen molar-refractivity contribution in [2.45, 2.75) is 6.92 Å². The van der Waals surface area contributed by atoms with Crippen molar-refractivity contribution >= 4 is 51.3 Å². The zero-order valence-electron chi connectivity index (χ0n) is 10.1. The largest absolute Gasteiger partial charge is 0.369 e. The number of benzene rings is 1. The SMILES string of the molecule is Cc1ccc2nc(N)n(-c3ccc(I)cc3Cl)c2n1. The number of nitrogen functional groups attached to an aromatic ring is 1. The summed E-state index contributed by atoms with van der Waals surface area (Å²) in [6, 6.07) is 9.60. The van der Waals surface area contributed by atoms with E-state index in [1.807, 2.05) is 37.3 Å². The molecule has 3 aromatic rings. The van der Waals surface area contributed by atoms with Gasteiger partial charge in [0.05, 0.1) is 10.7 Å². The van der Waals surface area contributed by atoms with Crippen molar-refractivity contribution in [1.82, 2.24) is 14.5 Å². The van der Waals surface area contributed by atoms with E-state index in [4.69, 9.17) is 17.3 Å². The monoisotopic (exact) mass is 384 g/mol. The molecule has 0 aliphatic heterocycles. The van der Waals surface area contributed by atoms with E-state index in [9.17, 15) is 0 Å². The highest BCUT2D eigenvalue weighted by molar-refractivity contribution is 14.1. The van der Waals surface area contributed by atoms with Crippen molar-refractivity contribution in [3.63, 3.8) is 0 Å². The third kappa shape index (κ3) is 2.17. The first kappa shape index (κ1) is 12.7. The van der Waals surface area contributed by atoms with Crippen LogP contribution in [-0.2, 0) is 0 Å². The number of nitrogens with two attached hydrogens (primary N) is 1. The summed E-state index contributed by atoms with van der Waals surface area (Å²) in [7, 11) is 0. The molecule has 0 radical (unpaired) electrons. The number of nitrogens with zero attached hydrogens (tertiary/aromatic N) is 3. The molecule has 0 aliphatic carbocycles. The molecule has 0 saturated carbocycles. The van der Waals surface area contributed by atoms with Crippen LogP contribution in [0.4, 0.5) is 5.95 Å². The third-order valence-corrected chi connectivity index (χ3v) is 3.79. The number of pyridine rings is 1. The van der Waals surface area contributed by atoms with Crippen LogP contribution in [0.25, 0.3) is 16.9 Å². The molecule has 2 aromatic heterocycles. The molecule has 0 spiro atoms. The fourth-order valence-corrected chi connectivity index (χ4v) is 2.91. The summed E-state index contributed by atoms with van der Waals surface area (Å²) in [5.74, 6) is 0.385. The molecule has 2 heterocycles. The number of halogens is 2. The van der Waals surface area contributed by atoms with Crippen molar-refractivity contribution in [2.24, 2.45) is 0 Å². The summed E-state index contributed by atoms with van der Waals surface area (Å²) < 4.78 is 2.85. The van der Waals surface area contributed by atoms with Gasteiger partial charge in [0.15, 0.2) is 5.65 Å². The van der Waals surface area contributed by atoms with Gasteiger partial charge in [0, 0.05) is 9.26 Å². The van der Waals surface area contributed by atoms with Crippen molar-refractivity contribution < 1.29 is 0 Å². The number of fused-ring (bicyclic) bond motifs is 1. The average molecular weight is 385 g/mol. The van der Waals surface area contributed by atoms with E-state index >= 15 is 0 Å². The summed E-state index contributed by atoms with van der Waals surface area (Å²) >= 11 is 8.51. The predicted octanol–water partition coefficient (Wildman–Crippen LogP) is 3.57. The first-order chi connectivity index (χ1) is 9.06. The lowest BCUT2D eigenvalue weighted by atomic mass is 10.3. The van der Waals surface area contributed by atoms with Gasteiger partial charge in [0.25, 0.3) is 0 Å². The van der Waals surface area contributed by atoms with Gasteiger partial charge in [-0.3, -0.25) is 4.57 Å². The maximum absolute atomic E-state index is 6.30. The number of imidazole rings is 1. The second kappa shape index (κ2) is 4.64. The summed E-state index contributed by atoms with van der Waals surface area (Å²) in [6.45, 7) is 1.93. The van der Waals surface area contributed by atoms with E-state index < -0.39 is 0 Å². The van der Waals surface area contributed by atoms with Gasteiger partial charge < -0.3 is 5.73 Å². The predicted molar refractivity (Wildman–Crippen MR) is 85.7 cm³/mol. The van der Waals surface area contributed by atoms with E-state index in [1.165, 1.54) is 0 Å². The molecule has 0 atom stereocenters. The summed E-state index contributed by atoms with van der Waals surface area (Å²) in [4.78, 5) is 8.81. The van der Waals surface area contributed by atoms with Gasteiger partial charge in [0.1, 0.15) is 5.52 Å². The first-order valence-electron chi connectivity index (χ1n) is 5.63. The highest BCUT2D eigenvalue weighted by atomic mass is 127. The highest BCUT2D eigenvalue weighted by Crippen LogP contribution is 2.28. The smallest absolute Gasteiger partial charge is 0.207 e. The summed E-state index contributed by atoms with van der Waals surface area (Å²) in [6.07, 6.45) is 0. The molecule has 0 amide bonds. The maximum Gasteiger partial charge on any atom is 0.207 e. The maximum atomic E-state index is 6.30. The molecule has 0 aliphatic rings. The first-order valence-corrected chi connectivity index (χ1v) is 7.09. The van der Waals surface area contributed by atoms with Crippen LogP contribution in [0.2, 0.25) is 5.02 Å². The summed E-state index contributed by atoms with van der Waals surface area (Å²) in [5, 5.41) is 0.626. The number of hydrogen-bond donors (Lipinski definition) is 1. The van der Waals surface area contributed by atoms with Crippen LogP contribution in [0.3, 0.4) is 0 Å². The zero-order chi connectivity index (χ0) is 13.6. The van der Waals surface area contributed by atoms with Crippen LogP contribution in [-0.4, -0.2) is 14.5 Å².